The monoisotopic (exact) mass is 428 g/mol. The second kappa shape index (κ2) is 7.56. The Balaban J connectivity index is 1.42. The molecule has 1 heterocycles. The number of nitrogens with one attached hydrogen (secondary N) is 1. The zero-order chi connectivity index (χ0) is 21.4. The average Bonchev–Trinajstić information content (AvgIpc) is 3.19. The summed E-state index contributed by atoms with van der Waals surface area (Å²) in [5.74, 6) is 1.48. The van der Waals surface area contributed by atoms with Crippen LogP contribution < -0.4 is 4.74 Å². The van der Waals surface area contributed by atoms with Crippen molar-refractivity contribution in [3.8, 4) is 16.9 Å². The van der Waals surface area contributed by atoms with E-state index in [1.807, 2.05) is 60.7 Å². The largest absolute Gasteiger partial charge is 0.486 e. The van der Waals surface area contributed by atoms with Crippen molar-refractivity contribution < 1.29 is 13.2 Å². The Hall–Kier alpha value is -3.64. The van der Waals surface area contributed by atoms with Crippen molar-refractivity contribution in [3.05, 3.63) is 90.8 Å². The van der Waals surface area contributed by atoms with Crippen LogP contribution in [0.1, 0.15) is 5.82 Å². The topological polar surface area (TPSA) is 72.1 Å². The van der Waals surface area contributed by atoms with Crippen molar-refractivity contribution in [3.63, 3.8) is 0 Å². The summed E-state index contributed by atoms with van der Waals surface area (Å²) in [5.41, 5.74) is 3.13. The number of H-pyrrole nitrogens is 1. The van der Waals surface area contributed by atoms with Gasteiger partial charge in [0.15, 0.2) is 9.84 Å². The quantitative estimate of drug-likeness (QED) is 0.409. The second-order valence-corrected chi connectivity index (χ2v) is 9.47. The fourth-order valence-electron chi connectivity index (χ4n) is 3.74. The third-order valence-electron chi connectivity index (χ3n) is 5.22. The molecule has 31 heavy (non-hydrogen) atoms. The average molecular weight is 429 g/mol. The van der Waals surface area contributed by atoms with E-state index in [2.05, 4.69) is 22.1 Å². The lowest BCUT2D eigenvalue weighted by Gasteiger charge is -2.07. The van der Waals surface area contributed by atoms with Crippen LogP contribution in [0.4, 0.5) is 0 Å². The van der Waals surface area contributed by atoms with Gasteiger partial charge in [-0.2, -0.15) is 0 Å². The van der Waals surface area contributed by atoms with Crippen LogP contribution in [0.2, 0.25) is 0 Å². The van der Waals surface area contributed by atoms with Crippen molar-refractivity contribution >= 4 is 31.6 Å². The number of sulfone groups is 1. The molecule has 0 bridgehead atoms. The van der Waals surface area contributed by atoms with Gasteiger partial charge in [-0.3, -0.25) is 0 Å². The molecule has 0 aliphatic carbocycles. The molecule has 0 saturated heterocycles. The Morgan fingerprint density at radius 3 is 2.48 bits per heavy atom. The highest BCUT2D eigenvalue weighted by Crippen LogP contribution is 2.29. The number of ether oxygens (including phenoxy) is 1. The van der Waals surface area contributed by atoms with Gasteiger partial charge in [-0.15, -0.1) is 0 Å². The minimum atomic E-state index is -3.33. The molecule has 0 fully saturated rings. The highest BCUT2D eigenvalue weighted by atomic mass is 32.2. The van der Waals surface area contributed by atoms with E-state index in [0.29, 0.717) is 22.9 Å². The Bertz CT molecular complexity index is 1520. The van der Waals surface area contributed by atoms with Gasteiger partial charge in [0, 0.05) is 11.8 Å². The number of nitrogens with zero attached hydrogens (tertiary/aromatic N) is 1. The zero-order valence-corrected chi connectivity index (χ0v) is 17.7. The second-order valence-electron chi connectivity index (χ2n) is 7.48. The Morgan fingerprint density at radius 1 is 0.871 bits per heavy atom. The number of hydrogen-bond acceptors (Lipinski definition) is 4. The molecule has 5 nitrogen and oxygen atoms in total. The van der Waals surface area contributed by atoms with E-state index in [-0.39, 0.29) is 0 Å². The first-order chi connectivity index (χ1) is 15.0. The normalized spacial score (nSPS) is 11.8. The van der Waals surface area contributed by atoms with Crippen molar-refractivity contribution in [2.24, 2.45) is 0 Å². The van der Waals surface area contributed by atoms with Crippen LogP contribution in [0.15, 0.2) is 89.8 Å². The van der Waals surface area contributed by atoms with Gasteiger partial charge in [-0.05, 0) is 46.7 Å². The first kappa shape index (κ1) is 19.3. The molecule has 1 aromatic heterocycles. The fraction of sp³-hybridized carbons (Fsp3) is 0.0800. The Labute approximate surface area is 180 Å². The van der Waals surface area contributed by atoms with E-state index in [1.54, 1.807) is 12.1 Å². The van der Waals surface area contributed by atoms with Crippen LogP contribution in [0, 0.1) is 0 Å². The van der Waals surface area contributed by atoms with Crippen LogP contribution in [0.3, 0.4) is 0 Å². The van der Waals surface area contributed by atoms with Crippen molar-refractivity contribution in [2.75, 3.05) is 6.26 Å². The summed E-state index contributed by atoms with van der Waals surface area (Å²) in [4.78, 5) is 8.20. The number of aromatic nitrogens is 2. The van der Waals surface area contributed by atoms with Gasteiger partial charge >= 0.3 is 0 Å². The Morgan fingerprint density at radius 2 is 1.65 bits per heavy atom. The van der Waals surface area contributed by atoms with Crippen LogP contribution in [0.5, 0.6) is 5.75 Å². The third-order valence-corrected chi connectivity index (χ3v) is 6.38. The molecule has 0 atom stereocenters. The minimum Gasteiger partial charge on any atom is -0.486 e. The molecule has 5 rings (SSSR count). The molecule has 1 N–H and O–H groups in total. The highest BCUT2D eigenvalue weighted by molar-refractivity contribution is 7.90. The van der Waals surface area contributed by atoms with E-state index < -0.39 is 9.84 Å². The number of rotatable bonds is 5. The van der Waals surface area contributed by atoms with Gasteiger partial charge in [0.05, 0.1) is 15.9 Å². The molecular formula is C25H20N2O3S. The predicted molar refractivity (Wildman–Crippen MR) is 123 cm³/mol. The summed E-state index contributed by atoms with van der Waals surface area (Å²) in [6.45, 7) is 0.308. The number of benzene rings is 4. The Kier molecular flexibility index (Phi) is 4.71. The van der Waals surface area contributed by atoms with Crippen LogP contribution in [-0.4, -0.2) is 24.6 Å². The van der Waals surface area contributed by atoms with Crippen LogP contribution in [-0.2, 0) is 16.4 Å². The van der Waals surface area contributed by atoms with E-state index >= 15 is 0 Å². The van der Waals surface area contributed by atoms with Crippen LogP contribution in [0.25, 0.3) is 32.9 Å². The molecule has 6 heteroatoms. The van der Waals surface area contributed by atoms with Crippen LogP contribution >= 0.6 is 0 Å². The molecular weight excluding hydrogens is 408 g/mol. The number of fused-ring (bicyclic) bond motifs is 2. The molecule has 0 unspecified atom stereocenters. The number of imidazole rings is 1. The minimum absolute atomic E-state index is 0.308. The predicted octanol–water partition coefficient (Wildman–Crippen LogP) is 5.37. The summed E-state index contributed by atoms with van der Waals surface area (Å²) >= 11 is 0. The van der Waals surface area contributed by atoms with Gasteiger partial charge in [0.2, 0.25) is 0 Å². The van der Waals surface area contributed by atoms with E-state index in [1.165, 1.54) is 11.6 Å². The first-order valence-corrected chi connectivity index (χ1v) is 11.8. The molecule has 0 aliphatic heterocycles. The van der Waals surface area contributed by atoms with E-state index in [0.717, 1.165) is 27.7 Å². The summed E-state index contributed by atoms with van der Waals surface area (Å²) in [6, 6.07) is 26.9. The molecule has 154 valence electrons. The lowest BCUT2D eigenvalue weighted by molar-refractivity contribution is 0.298. The smallest absolute Gasteiger partial charge is 0.176 e. The van der Waals surface area contributed by atoms with Crippen molar-refractivity contribution in [1.29, 1.82) is 0 Å². The lowest BCUT2D eigenvalue weighted by Crippen LogP contribution is -1.99. The van der Waals surface area contributed by atoms with Gasteiger partial charge in [-0.25, -0.2) is 13.4 Å². The molecule has 5 aromatic rings. The van der Waals surface area contributed by atoms with Crippen molar-refractivity contribution in [2.45, 2.75) is 11.5 Å². The summed E-state index contributed by atoms with van der Waals surface area (Å²) in [5, 5.41) is 2.29. The molecule has 0 radical (unpaired) electrons. The highest BCUT2D eigenvalue weighted by Gasteiger charge is 2.15. The maximum absolute atomic E-state index is 12.2. The van der Waals surface area contributed by atoms with Gasteiger partial charge in [-0.1, -0.05) is 54.6 Å². The van der Waals surface area contributed by atoms with Gasteiger partial charge in [0.1, 0.15) is 18.2 Å². The standard InChI is InChI=1S/C25H20N2O3S/c1-31(28,29)24-9-5-4-8-21(24)19-11-13-22-23(15-19)27-25(26-22)16-30-20-12-10-17-6-2-3-7-18(17)14-20/h2-15H,16H2,1H3,(H,26,27). The SMILES string of the molecule is CS(=O)(=O)c1ccccc1-c1ccc2nc(COc3ccc4ccccc4c3)[nH]c2c1. The number of hydrogen-bond donors (Lipinski definition) is 1. The molecule has 0 amide bonds. The fourth-order valence-corrected chi connectivity index (χ4v) is 4.65. The van der Waals surface area contributed by atoms with Gasteiger partial charge < -0.3 is 9.72 Å². The van der Waals surface area contributed by atoms with E-state index in [4.69, 9.17) is 4.74 Å². The maximum Gasteiger partial charge on any atom is 0.176 e. The third kappa shape index (κ3) is 3.90. The number of aromatic amines is 1. The first-order valence-electron chi connectivity index (χ1n) is 9.87. The molecule has 0 aliphatic rings. The van der Waals surface area contributed by atoms with Crippen molar-refractivity contribution in [1.82, 2.24) is 9.97 Å². The molecule has 4 aromatic carbocycles. The molecule has 0 saturated carbocycles. The van der Waals surface area contributed by atoms with Gasteiger partial charge in [0.25, 0.3) is 0 Å². The maximum atomic E-state index is 12.2. The zero-order valence-electron chi connectivity index (χ0n) is 16.9. The summed E-state index contributed by atoms with van der Waals surface area (Å²) in [6.07, 6.45) is 1.22. The summed E-state index contributed by atoms with van der Waals surface area (Å²) in [7, 11) is -3.33. The summed E-state index contributed by atoms with van der Waals surface area (Å²) < 4.78 is 30.3. The van der Waals surface area contributed by atoms with E-state index in [9.17, 15) is 8.42 Å². The lowest BCUT2D eigenvalue weighted by atomic mass is 10.1. The molecule has 0 spiro atoms.